The van der Waals surface area contributed by atoms with Gasteiger partial charge < -0.3 is 16.2 Å². The predicted octanol–water partition coefficient (Wildman–Crippen LogP) is 0.752. The van der Waals surface area contributed by atoms with Crippen molar-refractivity contribution >= 4 is 17.4 Å². The van der Waals surface area contributed by atoms with Crippen molar-refractivity contribution in [1.82, 2.24) is 10.2 Å². The fraction of sp³-hybridized carbons (Fsp3) is 0.933. The first kappa shape index (κ1) is 15.5. The Bertz CT molecular complexity index is 430. The van der Waals surface area contributed by atoms with E-state index in [4.69, 9.17) is 17.3 Å². The molecule has 6 heteroatoms. The molecule has 0 aromatic heterocycles. The number of nitrogens with one attached hydrogen (secondary N) is 1. The van der Waals surface area contributed by atoms with Gasteiger partial charge in [-0.05, 0) is 52.7 Å². The van der Waals surface area contributed by atoms with Gasteiger partial charge in [-0.3, -0.25) is 9.89 Å². The third-order valence-corrected chi connectivity index (χ3v) is 5.97. The van der Waals surface area contributed by atoms with Crippen molar-refractivity contribution in [1.29, 1.82) is 0 Å². The van der Waals surface area contributed by atoms with Gasteiger partial charge in [-0.1, -0.05) is 0 Å². The summed E-state index contributed by atoms with van der Waals surface area (Å²) < 4.78 is 0. The van der Waals surface area contributed by atoms with E-state index in [1.165, 1.54) is 0 Å². The molecule has 120 valence electrons. The van der Waals surface area contributed by atoms with Gasteiger partial charge in [-0.25, -0.2) is 0 Å². The second kappa shape index (κ2) is 5.69. The molecule has 0 spiro atoms. The number of nitrogens with two attached hydrogens (primary N) is 1. The number of rotatable bonds is 2. The molecule has 5 nitrogen and oxygen atoms in total. The van der Waals surface area contributed by atoms with Gasteiger partial charge >= 0.3 is 0 Å². The number of hydrogen-bond acceptors (Lipinski definition) is 5. The second-order valence-electron chi connectivity index (χ2n) is 7.04. The Kier molecular flexibility index (Phi) is 4.21. The Morgan fingerprint density at radius 3 is 2.81 bits per heavy atom. The highest BCUT2D eigenvalue weighted by Crippen LogP contribution is 2.47. The molecule has 21 heavy (non-hydrogen) atoms. The molecule has 4 N–H and O–H groups in total. The molecular weight excluding hydrogens is 288 g/mol. The number of amidine groups is 1. The van der Waals surface area contributed by atoms with Crippen molar-refractivity contribution < 1.29 is 5.11 Å². The van der Waals surface area contributed by atoms with Gasteiger partial charge in [0.05, 0.1) is 12.2 Å². The van der Waals surface area contributed by atoms with Gasteiger partial charge in [0, 0.05) is 17.2 Å². The smallest absolute Gasteiger partial charge is 0.132 e. The standard InChI is InChI=1S/C15H27ClN4O/c1-20(2)13-10(4-3-7-18-13)15(21)11-8-9(16)5-6-12(11)19-14(15)17/h9-13,18,21H,3-8H2,1-2H3,(H2,17,19). The molecule has 6 atom stereocenters. The summed E-state index contributed by atoms with van der Waals surface area (Å²) in [6.45, 7) is 0.985. The first-order chi connectivity index (χ1) is 9.94. The van der Waals surface area contributed by atoms with Crippen LogP contribution in [-0.4, -0.2) is 59.7 Å². The fourth-order valence-corrected chi connectivity index (χ4v) is 4.86. The van der Waals surface area contributed by atoms with Crippen LogP contribution in [-0.2, 0) is 0 Å². The summed E-state index contributed by atoms with van der Waals surface area (Å²) in [5.74, 6) is 0.576. The van der Waals surface area contributed by atoms with Gasteiger partial charge in [0.1, 0.15) is 11.4 Å². The van der Waals surface area contributed by atoms with Crippen LogP contribution in [0.2, 0.25) is 0 Å². The Morgan fingerprint density at radius 2 is 2.10 bits per heavy atom. The van der Waals surface area contributed by atoms with E-state index < -0.39 is 5.60 Å². The van der Waals surface area contributed by atoms with Gasteiger partial charge in [0.15, 0.2) is 0 Å². The average molecular weight is 315 g/mol. The molecule has 0 bridgehead atoms. The SMILES string of the molecule is CN(C)C1NCCCC1C1(O)C(N)=NC2CCC(Cl)CC21. The van der Waals surface area contributed by atoms with E-state index in [0.717, 1.165) is 38.6 Å². The van der Waals surface area contributed by atoms with Crippen LogP contribution >= 0.6 is 11.6 Å². The number of halogens is 1. The van der Waals surface area contributed by atoms with Crippen molar-refractivity contribution in [2.75, 3.05) is 20.6 Å². The molecule has 0 amide bonds. The van der Waals surface area contributed by atoms with Crippen molar-refractivity contribution in [2.45, 2.75) is 55.3 Å². The van der Waals surface area contributed by atoms with E-state index in [9.17, 15) is 5.11 Å². The molecular formula is C15H27ClN4O. The lowest BCUT2D eigenvalue weighted by atomic mass is 9.67. The number of piperidine rings is 1. The van der Waals surface area contributed by atoms with E-state index in [-0.39, 0.29) is 29.4 Å². The van der Waals surface area contributed by atoms with E-state index in [0.29, 0.717) is 5.84 Å². The minimum absolute atomic E-state index is 0.0705. The molecule has 2 heterocycles. The molecule has 2 fully saturated rings. The third-order valence-electron chi connectivity index (χ3n) is 5.58. The molecule has 1 saturated carbocycles. The van der Waals surface area contributed by atoms with Crippen LogP contribution in [0.1, 0.15) is 32.1 Å². The Hall–Kier alpha value is -0.360. The first-order valence-electron chi connectivity index (χ1n) is 8.04. The van der Waals surface area contributed by atoms with Crippen LogP contribution in [0.4, 0.5) is 0 Å². The van der Waals surface area contributed by atoms with Gasteiger partial charge in [-0.15, -0.1) is 11.6 Å². The maximum Gasteiger partial charge on any atom is 0.132 e. The maximum atomic E-state index is 11.5. The van der Waals surface area contributed by atoms with Crippen molar-refractivity contribution in [2.24, 2.45) is 22.6 Å². The Morgan fingerprint density at radius 1 is 1.33 bits per heavy atom. The minimum atomic E-state index is -1.01. The largest absolute Gasteiger partial charge is 0.385 e. The van der Waals surface area contributed by atoms with Gasteiger partial charge in [0.2, 0.25) is 0 Å². The molecule has 2 aliphatic heterocycles. The summed E-state index contributed by atoms with van der Waals surface area (Å²) in [7, 11) is 4.09. The quantitative estimate of drug-likeness (QED) is 0.658. The lowest BCUT2D eigenvalue weighted by Gasteiger charge is -2.48. The number of alkyl halides is 1. The molecule has 6 unspecified atom stereocenters. The summed E-state index contributed by atoms with van der Waals surface area (Å²) in [6, 6.07) is 0.148. The number of aliphatic imine (C=N–C) groups is 1. The highest BCUT2D eigenvalue weighted by molar-refractivity contribution is 6.20. The van der Waals surface area contributed by atoms with Crippen molar-refractivity contribution in [3.8, 4) is 0 Å². The molecule has 1 saturated heterocycles. The zero-order chi connectivity index (χ0) is 15.2. The van der Waals surface area contributed by atoms with Crippen LogP contribution in [0.15, 0.2) is 4.99 Å². The van der Waals surface area contributed by atoms with Gasteiger partial charge in [-0.2, -0.15) is 0 Å². The predicted molar refractivity (Wildman–Crippen MR) is 85.5 cm³/mol. The second-order valence-corrected chi connectivity index (χ2v) is 7.65. The number of aliphatic hydroxyl groups is 1. The topological polar surface area (TPSA) is 73.9 Å². The van der Waals surface area contributed by atoms with E-state index in [2.05, 4.69) is 15.2 Å². The first-order valence-corrected chi connectivity index (χ1v) is 8.48. The van der Waals surface area contributed by atoms with Crippen molar-refractivity contribution in [3.63, 3.8) is 0 Å². The van der Waals surface area contributed by atoms with Crippen LogP contribution in [0.25, 0.3) is 0 Å². The zero-order valence-corrected chi connectivity index (χ0v) is 13.7. The van der Waals surface area contributed by atoms with Crippen LogP contribution < -0.4 is 11.1 Å². The number of nitrogens with zero attached hydrogens (tertiary/aromatic N) is 2. The monoisotopic (exact) mass is 314 g/mol. The van der Waals surface area contributed by atoms with Gasteiger partial charge in [0.25, 0.3) is 0 Å². The summed E-state index contributed by atoms with van der Waals surface area (Å²) in [5.41, 5.74) is 5.21. The molecule has 0 aromatic carbocycles. The Balaban J connectivity index is 1.91. The highest BCUT2D eigenvalue weighted by Gasteiger charge is 2.58. The molecule has 0 aromatic rings. The zero-order valence-electron chi connectivity index (χ0n) is 12.9. The van der Waals surface area contributed by atoms with Crippen molar-refractivity contribution in [3.05, 3.63) is 0 Å². The lowest BCUT2D eigenvalue weighted by Crippen LogP contribution is -2.64. The average Bonchev–Trinajstić information content (AvgIpc) is 2.72. The number of fused-ring (bicyclic) bond motifs is 1. The van der Waals surface area contributed by atoms with E-state index in [1.54, 1.807) is 0 Å². The van der Waals surface area contributed by atoms with E-state index in [1.807, 2.05) is 14.1 Å². The molecule has 3 rings (SSSR count). The molecule has 1 aliphatic carbocycles. The lowest BCUT2D eigenvalue weighted by molar-refractivity contribution is -0.0628. The summed E-state index contributed by atoms with van der Waals surface area (Å²) in [5, 5.41) is 15.2. The minimum Gasteiger partial charge on any atom is -0.385 e. The summed E-state index contributed by atoms with van der Waals surface area (Å²) >= 11 is 6.37. The molecule has 0 radical (unpaired) electrons. The summed E-state index contributed by atoms with van der Waals surface area (Å²) in [6.07, 6.45) is 4.88. The highest BCUT2D eigenvalue weighted by atomic mass is 35.5. The third kappa shape index (κ3) is 2.48. The molecule has 3 aliphatic rings. The van der Waals surface area contributed by atoms with Crippen LogP contribution in [0, 0.1) is 11.8 Å². The van der Waals surface area contributed by atoms with Crippen LogP contribution in [0.5, 0.6) is 0 Å². The van der Waals surface area contributed by atoms with Crippen LogP contribution in [0.3, 0.4) is 0 Å². The summed E-state index contributed by atoms with van der Waals surface area (Å²) in [4.78, 5) is 6.75. The normalized spacial score (nSPS) is 47.3. The maximum absolute atomic E-state index is 11.5. The Labute approximate surface area is 131 Å². The fourth-order valence-electron chi connectivity index (χ4n) is 4.54. The van der Waals surface area contributed by atoms with E-state index >= 15 is 0 Å². The number of hydrogen-bond donors (Lipinski definition) is 3.